The van der Waals surface area contributed by atoms with Gasteiger partial charge >= 0.3 is 0 Å². The summed E-state index contributed by atoms with van der Waals surface area (Å²) in [6.07, 6.45) is 1.10. The molecule has 116 valence electrons. The maximum Gasteiger partial charge on any atom is 0.118 e. The molecule has 1 atom stereocenters. The van der Waals surface area contributed by atoms with Gasteiger partial charge in [-0.25, -0.2) is 0 Å². The molecular weight excluding hydrogens is 270 g/mol. The Labute approximate surface area is 133 Å². The second-order valence-electron chi connectivity index (χ2n) is 7.07. The number of nitrogens with one attached hydrogen (secondary N) is 1. The Hall–Kier alpha value is -1.80. The van der Waals surface area contributed by atoms with Crippen LogP contribution >= 0.6 is 0 Å². The summed E-state index contributed by atoms with van der Waals surface area (Å²) < 4.78 is 5.27. The molecule has 0 aliphatic carbocycles. The molecule has 0 amide bonds. The molecule has 2 heteroatoms. The fourth-order valence-corrected chi connectivity index (χ4v) is 3.11. The Morgan fingerprint density at radius 2 is 1.77 bits per heavy atom. The van der Waals surface area contributed by atoms with E-state index in [4.69, 9.17) is 4.74 Å². The lowest BCUT2D eigenvalue weighted by Gasteiger charge is -2.30. The maximum atomic E-state index is 5.27. The van der Waals surface area contributed by atoms with Crippen molar-refractivity contribution >= 4 is 0 Å². The molecule has 1 heterocycles. The van der Waals surface area contributed by atoms with Gasteiger partial charge in [-0.2, -0.15) is 0 Å². The standard InChI is InChI=1S/C20H25NO/c1-20(2,3)16-8-5-14-11-12-21-19(18(14)13-16)15-6-9-17(22-4)10-7-15/h5-10,13,19,21H,11-12H2,1-4H3. The van der Waals surface area contributed by atoms with Crippen molar-refractivity contribution in [1.82, 2.24) is 5.32 Å². The molecule has 1 aliphatic rings. The van der Waals surface area contributed by atoms with E-state index in [9.17, 15) is 0 Å². The van der Waals surface area contributed by atoms with E-state index >= 15 is 0 Å². The van der Waals surface area contributed by atoms with Crippen LogP contribution in [0.15, 0.2) is 42.5 Å². The van der Waals surface area contributed by atoms with Crippen LogP contribution in [0.1, 0.15) is 49.1 Å². The highest BCUT2D eigenvalue weighted by Crippen LogP contribution is 2.33. The largest absolute Gasteiger partial charge is 0.497 e. The van der Waals surface area contributed by atoms with E-state index in [0.29, 0.717) is 0 Å². The van der Waals surface area contributed by atoms with Gasteiger partial charge in [0.15, 0.2) is 0 Å². The molecule has 2 aromatic carbocycles. The molecule has 0 bridgehead atoms. The fraction of sp³-hybridized carbons (Fsp3) is 0.400. The summed E-state index contributed by atoms with van der Waals surface area (Å²) in [5.41, 5.74) is 5.76. The van der Waals surface area contributed by atoms with E-state index in [2.05, 4.69) is 56.4 Å². The Bertz CT molecular complexity index is 652. The summed E-state index contributed by atoms with van der Waals surface area (Å²) in [6, 6.07) is 15.7. The first-order valence-electron chi connectivity index (χ1n) is 7.99. The molecule has 0 saturated carbocycles. The van der Waals surface area contributed by atoms with E-state index in [0.717, 1.165) is 18.7 Å². The number of hydrogen-bond acceptors (Lipinski definition) is 2. The van der Waals surface area contributed by atoms with Crippen molar-refractivity contribution in [3.05, 3.63) is 64.7 Å². The molecule has 2 aromatic rings. The van der Waals surface area contributed by atoms with Crippen LogP contribution in [-0.2, 0) is 11.8 Å². The lowest BCUT2D eigenvalue weighted by Crippen LogP contribution is -2.31. The highest BCUT2D eigenvalue weighted by Gasteiger charge is 2.24. The predicted octanol–water partition coefficient (Wildman–Crippen LogP) is 4.23. The van der Waals surface area contributed by atoms with E-state index in [1.54, 1.807) is 7.11 Å². The van der Waals surface area contributed by atoms with Gasteiger partial charge in [0.25, 0.3) is 0 Å². The van der Waals surface area contributed by atoms with Gasteiger partial charge < -0.3 is 10.1 Å². The third kappa shape index (κ3) is 2.89. The summed E-state index contributed by atoms with van der Waals surface area (Å²) in [7, 11) is 1.71. The number of methoxy groups -OCH3 is 1. The van der Waals surface area contributed by atoms with Crippen LogP contribution in [0.2, 0.25) is 0 Å². The molecule has 0 radical (unpaired) electrons. The van der Waals surface area contributed by atoms with Crippen molar-refractivity contribution in [2.75, 3.05) is 13.7 Å². The van der Waals surface area contributed by atoms with Crippen molar-refractivity contribution in [3.8, 4) is 5.75 Å². The van der Waals surface area contributed by atoms with Crippen molar-refractivity contribution in [2.45, 2.75) is 38.6 Å². The summed E-state index contributed by atoms with van der Waals surface area (Å²) >= 11 is 0. The summed E-state index contributed by atoms with van der Waals surface area (Å²) in [5, 5.41) is 3.67. The first-order chi connectivity index (χ1) is 10.5. The van der Waals surface area contributed by atoms with Crippen molar-refractivity contribution in [2.24, 2.45) is 0 Å². The van der Waals surface area contributed by atoms with Gasteiger partial charge in [-0.15, -0.1) is 0 Å². The quantitative estimate of drug-likeness (QED) is 0.895. The van der Waals surface area contributed by atoms with Crippen LogP contribution in [0.25, 0.3) is 0 Å². The number of ether oxygens (including phenoxy) is 1. The number of fused-ring (bicyclic) bond motifs is 1. The molecule has 1 N–H and O–H groups in total. The molecule has 0 spiro atoms. The van der Waals surface area contributed by atoms with Crippen molar-refractivity contribution in [3.63, 3.8) is 0 Å². The van der Waals surface area contributed by atoms with Crippen molar-refractivity contribution < 1.29 is 4.74 Å². The maximum absolute atomic E-state index is 5.27. The molecule has 0 fully saturated rings. The third-order valence-corrected chi connectivity index (χ3v) is 4.51. The third-order valence-electron chi connectivity index (χ3n) is 4.51. The Morgan fingerprint density at radius 3 is 2.41 bits per heavy atom. The molecule has 0 saturated heterocycles. The highest BCUT2D eigenvalue weighted by atomic mass is 16.5. The van der Waals surface area contributed by atoms with Crippen LogP contribution in [0.5, 0.6) is 5.75 Å². The van der Waals surface area contributed by atoms with Crippen LogP contribution in [-0.4, -0.2) is 13.7 Å². The number of rotatable bonds is 2. The summed E-state index contributed by atoms with van der Waals surface area (Å²) in [6.45, 7) is 7.84. The van der Waals surface area contributed by atoms with Crippen LogP contribution in [0.3, 0.4) is 0 Å². The molecule has 3 rings (SSSR count). The van der Waals surface area contributed by atoms with Gasteiger partial charge in [0.05, 0.1) is 13.2 Å². The minimum Gasteiger partial charge on any atom is -0.497 e. The average Bonchev–Trinajstić information content (AvgIpc) is 2.53. The van der Waals surface area contributed by atoms with Gasteiger partial charge in [0.2, 0.25) is 0 Å². The topological polar surface area (TPSA) is 21.3 Å². The van der Waals surface area contributed by atoms with E-state index in [1.165, 1.54) is 22.3 Å². The van der Waals surface area contributed by atoms with E-state index in [1.807, 2.05) is 12.1 Å². The molecule has 1 aliphatic heterocycles. The Morgan fingerprint density at radius 1 is 1.05 bits per heavy atom. The molecule has 0 aromatic heterocycles. The van der Waals surface area contributed by atoms with Gasteiger partial charge in [0.1, 0.15) is 5.75 Å². The van der Waals surface area contributed by atoms with Gasteiger partial charge in [-0.3, -0.25) is 0 Å². The van der Waals surface area contributed by atoms with Gasteiger partial charge in [-0.1, -0.05) is 51.1 Å². The SMILES string of the molecule is COc1ccc(C2NCCc3ccc(C(C)(C)C)cc32)cc1. The zero-order chi connectivity index (χ0) is 15.7. The van der Waals surface area contributed by atoms with Crippen LogP contribution in [0, 0.1) is 0 Å². The van der Waals surface area contributed by atoms with Crippen LogP contribution < -0.4 is 10.1 Å². The smallest absolute Gasteiger partial charge is 0.118 e. The predicted molar refractivity (Wildman–Crippen MR) is 91.7 cm³/mol. The average molecular weight is 295 g/mol. The molecule has 22 heavy (non-hydrogen) atoms. The monoisotopic (exact) mass is 295 g/mol. The minimum atomic E-state index is 0.178. The molecular formula is C20H25NO. The highest BCUT2D eigenvalue weighted by molar-refractivity contribution is 5.44. The molecule has 2 nitrogen and oxygen atoms in total. The summed E-state index contributed by atoms with van der Waals surface area (Å²) in [4.78, 5) is 0. The number of hydrogen-bond donors (Lipinski definition) is 1. The lowest BCUT2D eigenvalue weighted by atomic mass is 9.81. The lowest BCUT2D eigenvalue weighted by molar-refractivity contribution is 0.414. The summed E-state index contributed by atoms with van der Waals surface area (Å²) in [5.74, 6) is 0.906. The normalized spacial score (nSPS) is 17.9. The van der Waals surface area contributed by atoms with E-state index in [-0.39, 0.29) is 11.5 Å². The fourth-order valence-electron chi connectivity index (χ4n) is 3.11. The molecule has 1 unspecified atom stereocenters. The minimum absolute atomic E-state index is 0.178. The zero-order valence-electron chi connectivity index (χ0n) is 13.9. The first kappa shape index (κ1) is 15.1. The first-order valence-corrected chi connectivity index (χ1v) is 7.99. The second kappa shape index (κ2) is 5.77. The Kier molecular flexibility index (Phi) is 3.96. The zero-order valence-corrected chi connectivity index (χ0v) is 13.9. The van der Waals surface area contributed by atoms with Gasteiger partial charge in [-0.05, 0) is 46.2 Å². The number of benzene rings is 2. The Balaban J connectivity index is 2.02. The van der Waals surface area contributed by atoms with E-state index < -0.39 is 0 Å². The van der Waals surface area contributed by atoms with Crippen LogP contribution in [0.4, 0.5) is 0 Å². The van der Waals surface area contributed by atoms with Gasteiger partial charge in [0, 0.05) is 6.54 Å². The second-order valence-corrected chi connectivity index (χ2v) is 7.07. The van der Waals surface area contributed by atoms with Crippen molar-refractivity contribution in [1.29, 1.82) is 0 Å².